The third-order valence-electron chi connectivity index (χ3n) is 5.62. The van der Waals surface area contributed by atoms with Gasteiger partial charge in [-0.3, -0.25) is 9.59 Å². The van der Waals surface area contributed by atoms with Gasteiger partial charge in [0.1, 0.15) is 11.7 Å². The van der Waals surface area contributed by atoms with E-state index in [4.69, 9.17) is 0 Å². The van der Waals surface area contributed by atoms with Crippen molar-refractivity contribution in [3.8, 4) is 0 Å². The molecule has 0 unspecified atom stereocenters. The number of likely N-dealkylation sites (tertiary alicyclic amines) is 1. The summed E-state index contributed by atoms with van der Waals surface area (Å²) in [6.07, 6.45) is 0.187. The highest BCUT2D eigenvalue weighted by molar-refractivity contribution is 6.00. The predicted octanol–water partition coefficient (Wildman–Crippen LogP) is 4.37. The minimum absolute atomic E-state index is 0. The van der Waals surface area contributed by atoms with E-state index in [9.17, 15) is 18.4 Å². The Balaban J connectivity index is 0.00000109. The van der Waals surface area contributed by atoms with E-state index in [2.05, 4.69) is 10.3 Å². The summed E-state index contributed by atoms with van der Waals surface area (Å²) in [7, 11) is 0. The average Bonchev–Trinajstić information content (AvgIpc) is 3.04. The van der Waals surface area contributed by atoms with E-state index >= 15 is 0 Å². The molecule has 1 aliphatic carbocycles. The number of carbonyl (C=O) groups is 2. The van der Waals surface area contributed by atoms with Crippen LogP contribution in [0.2, 0.25) is 0 Å². The van der Waals surface area contributed by atoms with Gasteiger partial charge in [-0.25, -0.2) is 8.78 Å². The number of aromatic nitrogens is 1. The number of nitrogens with one attached hydrogen (secondary N) is 2. The summed E-state index contributed by atoms with van der Waals surface area (Å²) in [5.41, 5.74) is 1.28. The number of fused-ring (bicyclic) bond motifs is 1. The molecule has 1 saturated heterocycles. The van der Waals surface area contributed by atoms with Gasteiger partial charge in [0.05, 0.1) is 5.41 Å². The lowest BCUT2D eigenvalue weighted by molar-refractivity contribution is -0.132. The summed E-state index contributed by atoms with van der Waals surface area (Å²) >= 11 is 0. The van der Waals surface area contributed by atoms with Crippen molar-refractivity contribution in [3.05, 3.63) is 35.5 Å². The quantitative estimate of drug-likeness (QED) is 0.810. The van der Waals surface area contributed by atoms with Gasteiger partial charge in [-0.1, -0.05) is 25.5 Å². The van der Waals surface area contributed by atoms with E-state index < -0.39 is 17.4 Å². The maximum Gasteiger partial charge on any atom is 0.268 e. The molecule has 2 heterocycles. The molecular formula is C21H31F2N3O2. The highest BCUT2D eigenvalue weighted by atomic mass is 19.3. The number of hydrogen-bond acceptors (Lipinski definition) is 2. The third kappa shape index (κ3) is 3.50. The van der Waals surface area contributed by atoms with Crippen molar-refractivity contribution in [2.24, 2.45) is 5.41 Å². The van der Waals surface area contributed by atoms with Crippen LogP contribution >= 0.6 is 0 Å². The molecule has 1 aromatic carbocycles. The zero-order valence-corrected chi connectivity index (χ0v) is 16.7. The fraction of sp³-hybridized carbons (Fsp3) is 0.524. The van der Waals surface area contributed by atoms with Gasteiger partial charge in [0, 0.05) is 33.3 Å². The van der Waals surface area contributed by atoms with Crippen LogP contribution in [0, 0.1) is 12.3 Å². The molecule has 2 fully saturated rings. The van der Waals surface area contributed by atoms with Gasteiger partial charge in [-0.2, -0.15) is 0 Å². The summed E-state index contributed by atoms with van der Waals surface area (Å²) in [5.74, 6) is -3.35. The molecule has 2 amide bonds. The molecule has 2 N–H and O–H groups in total. The zero-order valence-electron chi connectivity index (χ0n) is 16.7. The molecule has 7 heteroatoms. The number of carbonyl (C=O) groups excluding carboxylic acids is 2. The Hall–Kier alpha value is -2.44. The Bertz CT molecular complexity index is 919. The third-order valence-corrected chi connectivity index (χ3v) is 5.62. The Kier molecular flexibility index (Phi) is 5.21. The normalized spacial score (nSPS) is 23.3. The first-order valence-corrected chi connectivity index (χ1v) is 9.78. The predicted molar refractivity (Wildman–Crippen MR) is 109 cm³/mol. The fourth-order valence-corrected chi connectivity index (χ4v) is 3.87. The molecule has 0 bridgehead atoms. The SMILES string of the molecule is CC.Cc1ccc2[nH]c(C(=O)N[C@@H](C)C(=O)N3CC[C@@]4(C3)CC4(F)F)cc2c1.[HH].[HH]. The molecular weight excluding hydrogens is 364 g/mol. The second-order valence-electron chi connectivity index (χ2n) is 7.64. The molecule has 4 rings (SSSR count). The van der Waals surface area contributed by atoms with Crippen LogP contribution in [-0.2, 0) is 4.79 Å². The zero-order chi connectivity index (χ0) is 20.7. The van der Waals surface area contributed by atoms with Gasteiger partial charge >= 0.3 is 0 Å². The van der Waals surface area contributed by atoms with Gasteiger partial charge in [-0.05, 0) is 38.5 Å². The Morgan fingerprint density at radius 2 is 1.96 bits per heavy atom. The lowest BCUT2D eigenvalue weighted by Gasteiger charge is -2.21. The lowest BCUT2D eigenvalue weighted by atomic mass is 10.1. The molecule has 0 radical (unpaired) electrons. The molecule has 1 saturated carbocycles. The summed E-state index contributed by atoms with van der Waals surface area (Å²) in [6, 6.07) is 6.79. The highest BCUT2D eigenvalue weighted by Gasteiger charge is 2.73. The minimum atomic E-state index is -2.66. The number of aromatic amines is 1. The Morgan fingerprint density at radius 1 is 1.29 bits per heavy atom. The Morgan fingerprint density at radius 3 is 2.57 bits per heavy atom. The van der Waals surface area contributed by atoms with Crippen LogP contribution < -0.4 is 5.32 Å². The number of halogens is 2. The van der Waals surface area contributed by atoms with Crippen LogP contribution in [0.5, 0.6) is 0 Å². The molecule has 5 nitrogen and oxygen atoms in total. The number of nitrogens with zero attached hydrogens (tertiary/aromatic N) is 1. The maximum atomic E-state index is 13.5. The number of rotatable bonds is 3. The lowest BCUT2D eigenvalue weighted by Crippen LogP contribution is -2.46. The summed E-state index contributed by atoms with van der Waals surface area (Å²) < 4.78 is 27.0. The Labute approximate surface area is 166 Å². The van der Waals surface area contributed by atoms with Crippen molar-refractivity contribution in [1.29, 1.82) is 0 Å². The van der Waals surface area contributed by atoms with Crippen LogP contribution in [0.4, 0.5) is 8.78 Å². The van der Waals surface area contributed by atoms with Gasteiger partial charge in [0.2, 0.25) is 5.91 Å². The number of amides is 2. The topological polar surface area (TPSA) is 65.2 Å². The van der Waals surface area contributed by atoms with E-state index in [1.54, 1.807) is 13.0 Å². The monoisotopic (exact) mass is 395 g/mol. The van der Waals surface area contributed by atoms with E-state index in [1.807, 2.05) is 39.0 Å². The molecule has 1 aromatic heterocycles. The number of benzene rings is 1. The molecule has 156 valence electrons. The second kappa shape index (κ2) is 7.18. The van der Waals surface area contributed by atoms with Crippen molar-refractivity contribution in [1.82, 2.24) is 15.2 Å². The molecule has 2 atom stereocenters. The summed E-state index contributed by atoms with van der Waals surface area (Å²) in [6.45, 7) is 7.95. The van der Waals surface area contributed by atoms with Gasteiger partial charge in [-0.15, -0.1) is 0 Å². The number of aryl methyl sites for hydroxylation is 1. The molecule has 28 heavy (non-hydrogen) atoms. The van der Waals surface area contributed by atoms with Crippen LogP contribution in [0.1, 0.15) is 52.5 Å². The van der Waals surface area contributed by atoms with Crippen molar-refractivity contribution in [2.75, 3.05) is 13.1 Å². The van der Waals surface area contributed by atoms with Crippen LogP contribution in [0.25, 0.3) is 10.9 Å². The van der Waals surface area contributed by atoms with E-state index in [0.29, 0.717) is 18.7 Å². The first-order valence-electron chi connectivity index (χ1n) is 9.78. The first-order chi connectivity index (χ1) is 13.2. The van der Waals surface area contributed by atoms with Crippen molar-refractivity contribution >= 4 is 22.7 Å². The van der Waals surface area contributed by atoms with Crippen LogP contribution in [-0.4, -0.2) is 46.8 Å². The van der Waals surface area contributed by atoms with Crippen LogP contribution in [0.15, 0.2) is 24.3 Å². The molecule has 2 aromatic rings. The average molecular weight is 395 g/mol. The van der Waals surface area contributed by atoms with Gasteiger partial charge in [0.15, 0.2) is 0 Å². The van der Waals surface area contributed by atoms with Crippen LogP contribution in [0.3, 0.4) is 0 Å². The van der Waals surface area contributed by atoms with Gasteiger partial charge < -0.3 is 15.2 Å². The summed E-state index contributed by atoms with van der Waals surface area (Å²) in [4.78, 5) is 29.4. The number of hydrogen-bond donors (Lipinski definition) is 2. The molecule has 1 spiro atoms. The standard InChI is InChI=1S/C19H21F2N3O2.C2H6.2H2/c1-11-3-4-14-13(7-11)8-15(23-14)16(25)22-12(2)17(26)24-6-5-18(10-24)9-19(18,20)21;1-2;;/h3-4,7-8,12,23H,5-6,9-10H2,1-2H3,(H,22,25);1-2H3;2*1H/t12-,18-;;;/m0.../s1. The van der Waals surface area contributed by atoms with E-state index in [1.165, 1.54) is 4.90 Å². The fourth-order valence-electron chi connectivity index (χ4n) is 3.87. The van der Waals surface area contributed by atoms with Crippen molar-refractivity contribution in [3.63, 3.8) is 0 Å². The van der Waals surface area contributed by atoms with Gasteiger partial charge in [0.25, 0.3) is 11.8 Å². The second-order valence-corrected chi connectivity index (χ2v) is 7.64. The van der Waals surface area contributed by atoms with Crippen molar-refractivity contribution in [2.45, 2.75) is 52.5 Å². The largest absolute Gasteiger partial charge is 0.351 e. The number of alkyl halides is 2. The van der Waals surface area contributed by atoms with E-state index in [0.717, 1.165) is 16.5 Å². The molecule has 2 aliphatic rings. The first kappa shape index (κ1) is 20.3. The smallest absolute Gasteiger partial charge is 0.268 e. The molecule has 1 aliphatic heterocycles. The minimum Gasteiger partial charge on any atom is -0.351 e. The van der Waals surface area contributed by atoms with E-state index in [-0.39, 0.29) is 27.6 Å². The highest BCUT2D eigenvalue weighted by Crippen LogP contribution is 2.65. The summed E-state index contributed by atoms with van der Waals surface area (Å²) in [5, 5.41) is 3.59. The maximum absolute atomic E-state index is 13.5. The number of H-pyrrole nitrogens is 1. The van der Waals surface area contributed by atoms with Crippen molar-refractivity contribution < 1.29 is 21.2 Å².